The number of hydrogen-bond donors (Lipinski definition) is 2. The summed E-state index contributed by atoms with van der Waals surface area (Å²) in [6.45, 7) is 7.70. The van der Waals surface area contributed by atoms with Gasteiger partial charge in [0.2, 0.25) is 0 Å². The van der Waals surface area contributed by atoms with Crippen LogP contribution in [0.5, 0.6) is 0 Å². The van der Waals surface area contributed by atoms with Gasteiger partial charge in [0.15, 0.2) is 0 Å². The maximum Gasteiger partial charge on any atom is 0.327 e. The van der Waals surface area contributed by atoms with Gasteiger partial charge in [-0.2, -0.15) is 0 Å². The van der Waals surface area contributed by atoms with E-state index < -0.39 is 12.0 Å². The number of hydrogen-bond acceptors (Lipinski definition) is 2. The number of aliphatic carboxylic acids is 1. The molecule has 1 aromatic carbocycles. The highest BCUT2D eigenvalue weighted by Crippen LogP contribution is 2.68. The summed E-state index contributed by atoms with van der Waals surface area (Å²) in [7, 11) is 0. The monoisotopic (exact) mass is 489 g/mol. The van der Waals surface area contributed by atoms with Crippen LogP contribution in [-0.4, -0.2) is 17.1 Å². The Kier molecular flexibility index (Phi) is 7.44. The van der Waals surface area contributed by atoms with Gasteiger partial charge in [-0.15, -0.1) is 0 Å². The topological polar surface area (TPSA) is 49.3 Å². The van der Waals surface area contributed by atoms with Crippen LogP contribution in [0.1, 0.15) is 97.0 Å². The van der Waals surface area contributed by atoms with Gasteiger partial charge in [-0.25, -0.2) is 4.79 Å². The molecule has 3 nitrogen and oxygen atoms in total. The molecular formula is C33H47NO2. The van der Waals surface area contributed by atoms with E-state index in [0.29, 0.717) is 23.2 Å². The van der Waals surface area contributed by atoms with E-state index in [4.69, 9.17) is 0 Å². The van der Waals surface area contributed by atoms with Crippen molar-refractivity contribution in [2.75, 3.05) is 0 Å². The fraction of sp³-hybridized carbons (Fsp3) is 0.727. The van der Waals surface area contributed by atoms with E-state index in [9.17, 15) is 9.90 Å². The van der Waals surface area contributed by atoms with Gasteiger partial charge in [-0.1, -0.05) is 69.9 Å². The van der Waals surface area contributed by atoms with Gasteiger partial charge in [-0.3, -0.25) is 0 Å². The third-order valence-electron chi connectivity index (χ3n) is 11.7. The molecule has 4 aliphatic rings. The standard InChI is InChI=1S/C33H47NO2/c1-23(10-9-21-34-30(31(35)36)22-24-11-5-4-6-12-24)27-16-17-28-26-15-14-25-13-7-8-19-32(25,2)29(26)18-20-33(27,28)3/h4-6,11-12,23,25-30,34H,7-8,10,13-20,22H2,1-3H3,(H,35,36)/t23-,25?,26+,27-,28+,29+,30+,32+,33-/m1/s1. The van der Waals surface area contributed by atoms with E-state index >= 15 is 0 Å². The third kappa shape index (κ3) is 4.70. The molecule has 5 rings (SSSR count). The molecule has 196 valence electrons. The summed E-state index contributed by atoms with van der Waals surface area (Å²) < 4.78 is 0. The first kappa shape index (κ1) is 25.7. The van der Waals surface area contributed by atoms with Gasteiger partial charge in [0.25, 0.3) is 0 Å². The summed E-state index contributed by atoms with van der Waals surface area (Å²) in [6, 6.07) is 12.2. The lowest BCUT2D eigenvalue weighted by atomic mass is 9.44. The van der Waals surface area contributed by atoms with Crippen LogP contribution in [0.4, 0.5) is 0 Å². The largest absolute Gasteiger partial charge is 0.480 e. The second kappa shape index (κ2) is 10.4. The Morgan fingerprint density at radius 3 is 2.56 bits per heavy atom. The lowest BCUT2D eigenvalue weighted by Crippen LogP contribution is -2.53. The average molecular weight is 490 g/mol. The van der Waals surface area contributed by atoms with Crippen molar-refractivity contribution in [2.24, 2.45) is 46.3 Å². The molecule has 2 N–H and O–H groups in total. The minimum Gasteiger partial charge on any atom is -0.480 e. The van der Waals surface area contributed by atoms with Crippen molar-refractivity contribution in [3.8, 4) is 12.0 Å². The van der Waals surface area contributed by atoms with Crippen LogP contribution in [0, 0.1) is 58.3 Å². The number of carboxylic acid groups (broad SMARTS) is 1. The van der Waals surface area contributed by atoms with E-state index in [2.05, 4.69) is 38.1 Å². The summed E-state index contributed by atoms with van der Waals surface area (Å²) in [5, 5.41) is 12.6. The van der Waals surface area contributed by atoms with E-state index in [1.165, 1.54) is 64.2 Å². The molecule has 0 spiro atoms. The van der Waals surface area contributed by atoms with Gasteiger partial charge >= 0.3 is 5.97 Å². The van der Waals surface area contributed by atoms with E-state index in [1.54, 1.807) is 0 Å². The maximum atomic E-state index is 11.7. The molecule has 36 heavy (non-hydrogen) atoms. The van der Waals surface area contributed by atoms with E-state index in [0.717, 1.165) is 41.6 Å². The highest BCUT2D eigenvalue weighted by Gasteiger charge is 2.60. The quantitative estimate of drug-likeness (QED) is 0.325. The molecule has 1 unspecified atom stereocenters. The zero-order valence-electron chi connectivity index (χ0n) is 22.8. The van der Waals surface area contributed by atoms with Crippen LogP contribution in [-0.2, 0) is 11.2 Å². The van der Waals surface area contributed by atoms with Crippen LogP contribution in [0.3, 0.4) is 0 Å². The van der Waals surface area contributed by atoms with Crippen molar-refractivity contribution in [1.29, 1.82) is 0 Å². The Morgan fingerprint density at radius 2 is 1.78 bits per heavy atom. The second-order valence-corrected chi connectivity index (χ2v) is 13.3. The van der Waals surface area contributed by atoms with Crippen LogP contribution < -0.4 is 5.32 Å². The van der Waals surface area contributed by atoms with Crippen LogP contribution in [0.2, 0.25) is 0 Å². The Labute approximate surface area is 219 Å². The summed E-state index contributed by atoms with van der Waals surface area (Å²) in [5.74, 6) is 7.59. The Hall–Kier alpha value is -1.95. The molecule has 0 saturated heterocycles. The Bertz CT molecular complexity index is 978. The molecule has 0 heterocycles. The number of carboxylic acids is 1. The average Bonchev–Trinajstić information content (AvgIpc) is 3.23. The Morgan fingerprint density at radius 1 is 1.00 bits per heavy atom. The zero-order chi connectivity index (χ0) is 25.3. The number of benzene rings is 1. The van der Waals surface area contributed by atoms with Crippen molar-refractivity contribution < 1.29 is 9.90 Å². The minimum atomic E-state index is -0.842. The Balaban J connectivity index is 1.20. The molecule has 3 heteroatoms. The molecule has 9 atom stereocenters. The lowest BCUT2D eigenvalue weighted by Gasteiger charge is -2.60. The molecule has 0 aliphatic heterocycles. The molecule has 1 aromatic rings. The molecule has 0 amide bonds. The van der Waals surface area contributed by atoms with Crippen molar-refractivity contribution in [3.05, 3.63) is 35.9 Å². The number of carbonyl (C=O) groups is 1. The van der Waals surface area contributed by atoms with E-state index in [-0.39, 0.29) is 0 Å². The second-order valence-electron chi connectivity index (χ2n) is 13.3. The molecule has 0 aromatic heterocycles. The number of nitrogens with one attached hydrogen (secondary N) is 1. The maximum absolute atomic E-state index is 11.7. The van der Waals surface area contributed by atoms with Gasteiger partial charge in [0.1, 0.15) is 6.04 Å². The fourth-order valence-electron chi connectivity index (χ4n) is 9.81. The molecule has 0 bridgehead atoms. The van der Waals surface area contributed by atoms with Crippen molar-refractivity contribution in [1.82, 2.24) is 5.32 Å². The summed E-state index contributed by atoms with van der Waals surface area (Å²) in [6.07, 6.45) is 15.8. The van der Waals surface area contributed by atoms with Gasteiger partial charge in [0.05, 0.1) is 0 Å². The minimum absolute atomic E-state index is 0.450. The van der Waals surface area contributed by atoms with Crippen LogP contribution in [0.15, 0.2) is 30.3 Å². The predicted octanol–water partition coefficient (Wildman–Crippen LogP) is 7.31. The summed E-state index contributed by atoms with van der Waals surface area (Å²) in [5.41, 5.74) is 2.10. The summed E-state index contributed by atoms with van der Waals surface area (Å²) >= 11 is 0. The fourth-order valence-corrected chi connectivity index (χ4v) is 9.81. The van der Waals surface area contributed by atoms with Crippen molar-refractivity contribution >= 4 is 5.97 Å². The highest BCUT2D eigenvalue weighted by molar-refractivity contribution is 5.74. The third-order valence-corrected chi connectivity index (χ3v) is 11.7. The first-order chi connectivity index (χ1) is 17.3. The summed E-state index contributed by atoms with van der Waals surface area (Å²) in [4.78, 5) is 11.7. The van der Waals surface area contributed by atoms with Crippen molar-refractivity contribution in [3.63, 3.8) is 0 Å². The zero-order valence-corrected chi connectivity index (χ0v) is 22.8. The number of rotatable bonds is 6. The molecule has 4 saturated carbocycles. The van der Waals surface area contributed by atoms with Gasteiger partial charge in [0, 0.05) is 18.9 Å². The van der Waals surface area contributed by atoms with Crippen LogP contribution in [0.25, 0.3) is 0 Å². The lowest BCUT2D eigenvalue weighted by molar-refractivity contribution is -0.139. The predicted molar refractivity (Wildman–Crippen MR) is 146 cm³/mol. The van der Waals surface area contributed by atoms with Crippen LogP contribution >= 0.6 is 0 Å². The molecular weight excluding hydrogens is 442 g/mol. The first-order valence-corrected chi connectivity index (χ1v) is 14.8. The first-order valence-electron chi connectivity index (χ1n) is 14.8. The van der Waals surface area contributed by atoms with Crippen molar-refractivity contribution in [2.45, 2.75) is 104 Å². The van der Waals surface area contributed by atoms with E-state index in [1.807, 2.05) is 30.3 Å². The number of fused-ring (bicyclic) bond motifs is 5. The normalized spacial score (nSPS) is 38.9. The van der Waals surface area contributed by atoms with Gasteiger partial charge in [-0.05, 0) is 103 Å². The molecule has 4 fully saturated rings. The highest BCUT2D eigenvalue weighted by atomic mass is 16.4. The SMILES string of the molecule is C[C@H](CC#CN[C@@H](Cc1ccccc1)C(=O)O)[C@H]1CC[C@H]2[C@@H]3CCC4CCCC[C@]4(C)[C@H]3CC[C@]12C. The van der Waals surface area contributed by atoms with Gasteiger partial charge < -0.3 is 10.4 Å². The molecule has 0 radical (unpaired) electrons. The smallest absolute Gasteiger partial charge is 0.327 e. The molecule has 4 aliphatic carbocycles.